The predicted octanol–water partition coefficient (Wildman–Crippen LogP) is 6.65. The second-order valence-electron chi connectivity index (χ2n) is 6.61. The maximum Gasteiger partial charge on any atom is -0.0146 e. The first-order valence-electron chi connectivity index (χ1n) is 9.30. The third kappa shape index (κ3) is 3.91. The van der Waals surface area contributed by atoms with Crippen molar-refractivity contribution in [3.8, 4) is 0 Å². The zero-order valence-electron chi connectivity index (χ0n) is 15.0. The number of benzene rings is 2. The lowest BCUT2D eigenvalue weighted by atomic mass is 9.90. The van der Waals surface area contributed by atoms with Gasteiger partial charge in [-0.15, -0.1) is 0 Å². The highest BCUT2D eigenvalue weighted by atomic mass is 14.1. The minimum atomic E-state index is 1.20. The molecule has 0 amide bonds. The van der Waals surface area contributed by atoms with Gasteiger partial charge in [0.25, 0.3) is 0 Å². The van der Waals surface area contributed by atoms with Crippen molar-refractivity contribution in [1.82, 2.24) is 0 Å². The van der Waals surface area contributed by atoms with E-state index in [4.69, 9.17) is 0 Å². The number of hydrogen-bond donors (Lipinski definition) is 0. The van der Waals surface area contributed by atoms with E-state index in [1.54, 1.807) is 11.1 Å². The van der Waals surface area contributed by atoms with E-state index in [9.17, 15) is 0 Å². The molecular formula is C22H32. The maximum atomic E-state index is 2.47. The van der Waals surface area contributed by atoms with Gasteiger partial charge in [-0.2, -0.15) is 0 Å². The highest BCUT2D eigenvalue weighted by molar-refractivity contribution is 5.90. The second kappa shape index (κ2) is 8.36. The van der Waals surface area contributed by atoms with Gasteiger partial charge in [0.05, 0.1) is 0 Å². The average molecular weight is 296 g/mol. The van der Waals surface area contributed by atoms with Crippen molar-refractivity contribution in [3.63, 3.8) is 0 Å². The van der Waals surface area contributed by atoms with Gasteiger partial charge in [-0.1, -0.05) is 77.6 Å². The molecule has 2 aromatic carbocycles. The molecule has 0 spiro atoms. The van der Waals surface area contributed by atoms with Gasteiger partial charge in [-0.05, 0) is 58.7 Å². The van der Waals surface area contributed by atoms with E-state index >= 15 is 0 Å². The third-order valence-electron chi connectivity index (χ3n) is 4.48. The summed E-state index contributed by atoms with van der Waals surface area (Å²) in [6.07, 6.45) is 9.73. The van der Waals surface area contributed by atoms with Crippen LogP contribution in [-0.4, -0.2) is 0 Å². The van der Waals surface area contributed by atoms with Crippen molar-refractivity contribution in [1.29, 1.82) is 0 Å². The molecule has 22 heavy (non-hydrogen) atoms. The molecule has 0 N–H and O–H groups in total. The Kier molecular flexibility index (Phi) is 6.49. The van der Waals surface area contributed by atoms with Gasteiger partial charge in [-0.3, -0.25) is 0 Å². The van der Waals surface area contributed by atoms with Crippen LogP contribution in [0.3, 0.4) is 0 Å². The Balaban J connectivity index is 2.65. The molecule has 0 saturated heterocycles. The Labute approximate surface area is 136 Å². The van der Waals surface area contributed by atoms with Crippen molar-refractivity contribution < 1.29 is 0 Å². The van der Waals surface area contributed by atoms with Crippen LogP contribution in [0.5, 0.6) is 0 Å². The van der Waals surface area contributed by atoms with Crippen LogP contribution in [0, 0.1) is 0 Å². The Morgan fingerprint density at radius 1 is 0.500 bits per heavy atom. The summed E-state index contributed by atoms with van der Waals surface area (Å²) in [7, 11) is 0. The quantitative estimate of drug-likeness (QED) is 0.511. The minimum absolute atomic E-state index is 1.20. The Hall–Kier alpha value is -1.30. The van der Waals surface area contributed by atoms with Crippen molar-refractivity contribution in [2.45, 2.75) is 79.1 Å². The van der Waals surface area contributed by atoms with E-state index in [1.165, 1.54) is 73.3 Å². The van der Waals surface area contributed by atoms with Crippen molar-refractivity contribution >= 4 is 10.8 Å². The van der Waals surface area contributed by atoms with Crippen molar-refractivity contribution in [2.75, 3.05) is 0 Å². The van der Waals surface area contributed by atoms with E-state index in [-0.39, 0.29) is 0 Å². The monoisotopic (exact) mass is 296 g/mol. The van der Waals surface area contributed by atoms with Crippen LogP contribution in [0.2, 0.25) is 0 Å². The molecule has 0 heterocycles. The first-order valence-corrected chi connectivity index (χ1v) is 9.30. The molecular weight excluding hydrogens is 264 g/mol. The van der Waals surface area contributed by atoms with Crippen LogP contribution in [0.4, 0.5) is 0 Å². The Bertz CT molecular complexity index is 552. The van der Waals surface area contributed by atoms with Crippen LogP contribution >= 0.6 is 0 Å². The molecule has 120 valence electrons. The fourth-order valence-corrected chi connectivity index (χ4v) is 3.56. The van der Waals surface area contributed by atoms with E-state index < -0.39 is 0 Å². The zero-order valence-corrected chi connectivity index (χ0v) is 15.0. The molecule has 0 atom stereocenters. The summed E-state index contributed by atoms with van der Waals surface area (Å²) < 4.78 is 0. The van der Waals surface area contributed by atoms with E-state index in [0.717, 1.165) is 0 Å². The summed E-state index contributed by atoms with van der Waals surface area (Å²) in [4.78, 5) is 0. The predicted molar refractivity (Wildman–Crippen MR) is 99.9 cm³/mol. The molecule has 0 aliphatic carbocycles. The van der Waals surface area contributed by atoms with E-state index in [2.05, 4.69) is 52.0 Å². The van der Waals surface area contributed by atoms with Crippen molar-refractivity contribution in [2.24, 2.45) is 0 Å². The lowest BCUT2D eigenvalue weighted by Gasteiger charge is -2.15. The first-order chi connectivity index (χ1) is 10.7. The molecule has 0 aliphatic rings. The highest BCUT2D eigenvalue weighted by Crippen LogP contribution is 2.29. The zero-order chi connectivity index (χ0) is 15.9. The normalized spacial score (nSPS) is 11.3. The molecule has 0 nitrogen and oxygen atoms in total. The third-order valence-corrected chi connectivity index (χ3v) is 4.48. The molecule has 0 unspecified atom stereocenters. The largest absolute Gasteiger partial charge is 0.0651 e. The highest BCUT2D eigenvalue weighted by Gasteiger charge is 2.09. The smallest absolute Gasteiger partial charge is 0.0146 e. The van der Waals surface area contributed by atoms with Gasteiger partial charge in [-0.25, -0.2) is 0 Å². The van der Waals surface area contributed by atoms with Gasteiger partial charge in [0.15, 0.2) is 0 Å². The number of hydrogen-bond acceptors (Lipinski definition) is 0. The SMILES string of the molecule is CCCc1cc(CCC)c2cc(CCC)cc(CCC)c2c1. The topological polar surface area (TPSA) is 0 Å². The van der Waals surface area contributed by atoms with Gasteiger partial charge in [0.1, 0.15) is 0 Å². The lowest BCUT2D eigenvalue weighted by Crippen LogP contribution is -1.97. The lowest BCUT2D eigenvalue weighted by molar-refractivity contribution is 0.891. The average Bonchev–Trinajstić information content (AvgIpc) is 2.49. The fourth-order valence-electron chi connectivity index (χ4n) is 3.56. The van der Waals surface area contributed by atoms with E-state index in [0.29, 0.717) is 0 Å². The summed E-state index contributed by atoms with van der Waals surface area (Å²) in [5.74, 6) is 0. The summed E-state index contributed by atoms with van der Waals surface area (Å²) in [5.41, 5.74) is 6.19. The van der Waals surface area contributed by atoms with E-state index in [1.807, 2.05) is 0 Å². The molecule has 0 heteroatoms. The van der Waals surface area contributed by atoms with Gasteiger partial charge < -0.3 is 0 Å². The van der Waals surface area contributed by atoms with Crippen LogP contribution in [0.25, 0.3) is 10.8 Å². The molecule has 0 bridgehead atoms. The standard InChI is InChI=1S/C22H32/c1-5-9-17-13-19(11-7-3)22-16-18(10-6-2)14-20(12-8-4)21(22)15-17/h13-16H,5-12H2,1-4H3. The van der Waals surface area contributed by atoms with Gasteiger partial charge >= 0.3 is 0 Å². The van der Waals surface area contributed by atoms with Gasteiger partial charge in [0, 0.05) is 0 Å². The molecule has 0 saturated carbocycles. The van der Waals surface area contributed by atoms with Gasteiger partial charge in [0.2, 0.25) is 0 Å². The summed E-state index contributed by atoms with van der Waals surface area (Å²) >= 11 is 0. The molecule has 0 aliphatic heterocycles. The number of fused-ring (bicyclic) bond motifs is 1. The number of aryl methyl sites for hydroxylation is 4. The van der Waals surface area contributed by atoms with Crippen LogP contribution in [0.15, 0.2) is 24.3 Å². The molecule has 2 rings (SSSR count). The Morgan fingerprint density at radius 2 is 0.864 bits per heavy atom. The fraction of sp³-hybridized carbons (Fsp3) is 0.545. The molecule has 0 fully saturated rings. The van der Waals surface area contributed by atoms with Crippen LogP contribution < -0.4 is 0 Å². The second-order valence-corrected chi connectivity index (χ2v) is 6.61. The molecule has 0 radical (unpaired) electrons. The van der Waals surface area contributed by atoms with Crippen LogP contribution in [0.1, 0.15) is 75.6 Å². The summed E-state index contributed by atoms with van der Waals surface area (Å²) in [6.45, 7) is 9.14. The van der Waals surface area contributed by atoms with Crippen molar-refractivity contribution in [3.05, 3.63) is 46.5 Å². The van der Waals surface area contributed by atoms with Crippen LogP contribution in [-0.2, 0) is 25.7 Å². The number of rotatable bonds is 8. The molecule has 0 aromatic heterocycles. The Morgan fingerprint density at radius 3 is 1.18 bits per heavy atom. The molecule has 2 aromatic rings. The first kappa shape index (κ1) is 17.1. The summed E-state index contributed by atoms with van der Waals surface area (Å²) in [6, 6.07) is 9.89. The summed E-state index contributed by atoms with van der Waals surface area (Å²) in [5, 5.41) is 3.05. The maximum absolute atomic E-state index is 2.47. The minimum Gasteiger partial charge on any atom is -0.0651 e.